The third-order valence-electron chi connectivity index (χ3n) is 6.15. The first kappa shape index (κ1) is 24.7. The molecule has 1 aliphatic heterocycles. The summed E-state index contributed by atoms with van der Waals surface area (Å²) in [6, 6.07) is 5.92. The first-order chi connectivity index (χ1) is 17.9. The first-order valence-electron chi connectivity index (χ1n) is 11.3. The average Bonchev–Trinajstić information content (AvgIpc) is 3.57. The van der Waals surface area contributed by atoms with Crippen LogP contribution in [0.2, 0.25) is 0 Å². The van der Waals surface area contributed by atoms with Crippen LogP contribution in [0.4, 0.5) is 19.6 Å². The van der Waals surface area contributed by atoms with E-state index in [4.69, 9.17) is 15.9 Å². The first-order valence-corrected chi connectivity index (χ1v) is 12.2. The molecule has 0 bridgehead atoms. The van der Waals surface area contributed by atoms with Gasteiger partial charge in [-0.2, -0.15) is 0 Å². The third-order valence-corrected chi connectivity index (χ3v) is 7.12. The molecule has 1 saturated heterocycles. The average molecular weight is 526 g/mol. The number of methoxy groups -OCH3 is 1. The van der Waals surface area contributed by atoms with Gasteiger partial charge in [0, 0.05) is 40.8 Å². The van der Waals surface area contributed by atoms with E-state index in [1.165, 1.54) is 41.7 Å². The highest BCUT2D eigenvalue weighted by atomic mass is 32.1. The summed E-state index contributed by atoms with van der Waals surface area (Å²) < 4.78 is 37.6. The SMILES string of the molecule is C#C[C@@H]1C[C@H]1c1nnc(NC(=O)c2ccc(N3CCOCC3=O)cc2-c2cc(C(F)F)ncc2OC)s1. The monoisotopic (exact) mass is 525 g/mol. The number of alkyl halides is 2. The molecule has 2 atom stereocenters. The van der Waals surface area contributed by atoms with Crippen molar-refractivity contribution in [3.8, 4) is 29.2 Å². The Balaban J connectivity index is 1.54. The van der Waals surface area contributed by atoms with Gasteiger partial charge in [0.15, 0.2) is 0 Å². The minimum Gasteiger partial charge on any atom is -0.494 e. The molecule has 0 unspecified atom stereocenters. The molecule has 190 valence electrons. The molecular weight excluding hydrogens is 504 g/mol. The van der Waals surface area contributed by atoms with E-state index < -0.39 is 18.0 Å². The molecule has 0 spiro atoms. The minimum absolute atomic E-state index is 0.0768. The number of anilines is 2. The molecule has 2 aromatic heterocycles. The van der Waals surface area contributed by atoms with E-state index in [2.05, 4.69) is 26.4 Å². The highest BCUT2D eigenvalue weighted by Crippen LogP contribution is 2.48. The Kier molecular flexibility index (Phi) is 6.82. The number of halogens is 2. The summed E-state index contributed by atoms with van der Waals surface area (Å²) in [5.74, 6) is 2.37. The number of hydrogen-bond donors (Lipinski definition) is 1. The number of ether oxygens (including phenoxy) is 2. The van der Waals surface area contributed by atoms with E-state index in [9.17, 15) is 18.4 Å². The normalized spacial score (nSPS) is 19.0. The number of hydrogen-bond acceptors (Lipinski definition) is 8. The lowest BCUT2D eigenvalue weighted by Gasteiger charge is -2.27. The van der Waals surface area contributed by atoms with Crippen LogP contribution in [0.15, 0.2) is 30.5 Å². The lowest BCUT2D eigenvalue weighted by atomic mass is 9.97. The number of amides is 2. The Morgan fingerprint density at radius 3 is 2.86 bits per heavy atom. The number of carbonyl (C=O) groups is 2. The van der Waals surface area contributed by atoms with Crippen LogP contribution in [0, 0.1) is 18.3 Å². The van der Waals surface area contributed by atoms with Crippen LogP contribution in [0.3, 0.4) is 0 Å². The lowest BCUT2D eigenvalue weighted by molar-refractivity contribution is -0.125. The number of aromatic nitrogens is 3. The van der Waals surface area contributed by atoms with E-state index in [0.29, 0.717) is 18.8 Å². The zero-order chi connectivity index (χ0) is 26.1. The summed E-state index contributed by atoms with van der Waals surface area (Å²) in [5.41, 5.74) is 0.697. The molecule has 2 aliphatic rings. The van der Waals surface area contributed by atoms with Crippen molar-refractivity contribution in [2.75, 3.05) is 37.1 Å². The van der Waals surface area contributed by atoms with Crippen molar-refractivity contribution in [1.82, 2.24) is 15.2 Å². The minimum atomic E-state index is -2.83. The van der Waals surface area contributed by atoms with Crippen molar-refractivity contribution < 1.29 is 27.8 Å². The molecule has 1 aromatic carbocycles. The maximum atomic E-state index is 13.5. The number of benzene rings is 1. The van der Waals surface area contributed by atoms with Crippen LogP contribution in [0.1, 0.15) is 39.8 Å². The number of carbonyl (C=O) groups excluding carboxylic acids is 2. The summed E-state index contributed by atoms with van der Waals surface area (Å²) >= 11 is 1.24. The van der Waals surface area contributed by atoms with Gasteiger partial charge in [-0.3, -0.25) is 19.9 Å². The zero-order valence-electron chi connectivity index (χ0n) is 19.6. The van der Waals surface area contributed by atoms with Crippen LogP contribution in [-0.2, 0) is 9.53 Å². The van der Waals surface area contributed by atoms with Crippen molar-refractivity contribution in [3.05, 3.63) is 46.7 Å². The predicted molar refractivity (Wildman–Crippen MR) is 132 cm³/mol. The van der Waals surface area contributed by atoms with E-state index >= 15 is 0 Å². The Bertz CT molecular complexity index is 1410. The lowest BCUT2D eigenvalue weighted by Crippen LogP contribution is -2.41. The molecule has 5 rings (SSSR count). The number of rotatable bonds is 7. The molecule has 3 aromatic rings. The number of nitrogens with zero attached hydrogens (tertiary/aromatic N) is 4. The van der Waals surface area contributed by atoms with E-state index in [1.807, 2.05) is 0 Å². The van der Waals surface area contributed by atoms with E-state index in [-0.39, 0.29) is 51.9 Å². The fourth-order valence-electron chi connectivity index (χ4n) is 4.11. The summed E-state index contributed by atoms with van der Waals surface area (Å²) in [4.78, 5) is 31.1. The second kappa shape index (κ2) is 10.2. The van der Waals surface area contributed by atoms with Crippen molar-refractivity contribution >= 4 is 34.0 Å². The van der Waals surface area contributed by atoms with E-state index in [1.54, 1.807) is 12.1 Å². The van der Waals surface area contributed by atoms with Crippen molar-refractivity contribution in [2.45, 2.75) is 18.8 Å². The van der Waals surface area contributed by atoms with Crippen LogP contribution < -0.4 is 15.0 Å². The molecule has 1 aliphatic carbocycles. The summed E-state index contributed by atoms with van der Waals surface area (Å²) in [6.45, 7) is 0.581. The maximum Gasteiger partial charge on any atom is 0.280 e. The molecular formula is C25H21F2N5O4S. The van der Waals surface area contributed by atoms with Gasteiger partial charge >= 0.3 is 0 Å². The summed E-state index contributed by atoms with van der Waals surface area (Å²) in [7, 11) is 1.38. The fraction of sp³-hybridized carbons (Fsp3) is 0.320. The Morgan fingerprint density at radius 2 is 2.16 bits per heavy atom. The number of nitrogens with one attached hydrogen (secondary N) is 1. The number of morpholine rings is 1. The van der Waals surface area contributed by atoms with Crippen LogP contribution >= 0.6 is 11.3 Å². The molecule has 0 radical (unpaired) electrons. The van der Waals surface area contributed by atoms with Crippen LogP contribution in [0.5, 0.6) is 5.75 Å². The van der Waals surface area contributed by atoms with Crippen LogP contribution in [-0.4, -0.2) is 53.9 Å². The zero-order valence-corrected chi connectivity index (χ0v) is 20.4. The molecule has 1 saturated carbocycles. The fourth-order valence-corrected chi connectivity index (χ4v) is 5.03. The predicted octanol–water partition coefficient (Wildman–Crippen LogP) is 3.90. The summed E-state index contributed by atoms with van der Waals surface area (Å²) in [5, 5.41) is 12.0. The van der Waals surface area contributed by atoms with Gasteiger partial charge in [-0.25, -0.2) is 8.78 Å². The largest absolute Gasteiger partial charge is 0.494 e. The third kappa shape index (κ3) is 5.00. The highest BCUT2D eigenvalue weighted by molar-refractivity contribution is 7.15. The molecule has 37 heavy (non-hydrogen) atoms. The Hall–Kier alpha value is -3.95. The smallest absolute Gasteiger partial charge is 0.280 e. The molecule has 3 heterocycles. The topological polar surface area (TPSA) is 107 Å². The van der Waals surface area contributed by atoms with Gasteiger partial charge in [0.1, 0.15) is 23.1 Å². The van der Waals surface area contributed by atoms with Crippen LogP contribution in [0.25, 0.3) is 11.1 Å². The Morgan fingerprint density at radius 1 is 1.32 bits per heavy atom. The molecule has 2 amide bonds. The summed E-state index contributed by atoms with van der Waals surface area (Å²) in [6.07, 6.45) is 4.65. The van der Waals surface area contributed by atoms with Gasteiger partial charge in [-0.1, -0.05) is 11.3 Å². The molecule has 1 N–H and O–H groups in total. The quantitative estimate of drug-likeness (QED) is 0.467. The van der Waals surface area contributed by atoms with Gasteiger partial charge in [0.05, 0.1) is 19.9 Å². The van der Waals surface area contributed by atoms with Crippen molar-refractivity contribution in [2.24, 2.45) is 5.92 Å². The molecule has 9 nitrogen and oxygen atoms in total. The van der Waals surface area contributed by atoms with Gasteiger partial charge in [-0.05, 0) is 30.7 Å². The standard InChI is InChI=1S/C25H21F2N5O4S/c1-3-13-8-16(13)24-30-31-25(37-24)29-23(34)15-5-4-14(32-6-7-36-12-21(32)33)9-17(15)18-10-19(22(26)27)28-11-20(18)35-2/h1,4-5,9-11,13,16,22H,6-8,12H2,2H3,(H,29,31,34)/t13-,16-/m1/s1. The highest BCUT2D eigenvalue weighted by Gasteiger charge is 2.40. The van der Waals surface area contributed by atoms with Gasteiger partial charge in [-0.15, -0.1) is 22.5 Å². The molecule has 12 heteroatoms. The number of terminal acetylenes is 1. The maximum absolute atomic E-state index is 13.5. The van der Waals surface area contributed by atoms with Crippen molar-refractivity contribution in [3.63, 3.8) is 0 Å². The second-order valence-electron chi connectivity index (χ2n) is 8.45. The van der Waals surface area contributed by atoms with Crippen molar-refractivity contribution in [1.29, 1.82) is 0 Å². The van der Waals surface area contributed by atoms with E-state index in [0.717, 1.165) is 11.4 Å². The van der Waals surface area contributed by atoms with Gasteiger partial charge in [0.25, 0.3) is 18.2 Å². The molecule has 2 fully saturated rings. The number of pyridine rings is 1. The van der Waals surface area contributed by atoms with Gasteiger partial charge < -0.3 is 14.4 Å². The van der Waals surface area contributed by atoms with Gasteiger partial charge in [0.2, 0.25) is 5.13 Å². The second-order valence-corrected chi connectivity index (χ2v) is 9.46. The Labute approximate surface area is 214 Å².